The summed E-state index contributed by atoms with van der Waals surface area (Å²) < 4.78 is 29.7. The molecule has 0 fully saturated rings. The van der Waals surface area contributed by atoms with Crippen molar-refractivity contribution in [3.63, 3.8) is 0 Å². The van der Waals surface area contributed by atoms with Gasteiger partial charge >= 0.3 is 0 Å². The molecule has 1 amide bonds. The Kier molecular flexibility index (Phi) is 5.77. The number of nitrogens with zero attached hydrogens (tertiary/aromatic N) is 3. The van der Waals surface area contributed by atoms with Crippen LogP contribution in [0, 0.1) is 5.82 Å². The Balaban J connectivity index is 1.76. The molecule has 31 heavy (non-hydrogen) atoms. The minimum atomic E-state index is -1.90. The van der Waals surface area contributed by atoms with Crippen LogP contribution >= 0.6 is 11.6 Å². The van der Waals surface area contributed by atoms with Gasteiger partial charge in [-0.2, -0.15) is 5.10 Å². The van der Waals surface area contributed by atoms with Crippen LogP contribution < -0.4 is 5.32 Å². The molecule has 0 saturated carbocycles. The van der Waals surface area contributed by atoms with Gasteiger partial charge in [-0.25, -0.2) is 8.78 Å². The molecule has 156 valence electrons. The molecule has 4 aromatic rings. The first kappa shape index (κ1) is 20.7. The van der Waals surface area contributed by atoms with Crippen molar-refractivity contribution in [1.29, 1.82) is 0 Å². The maximum Gasteiger partial charge on any atom is 0.264 e. The monoisotopic (exact) mass is 438 g/mol. The van der Waals surface area contributed by atoms with Crippen molar-refractivity contribution < 1.29 is 13.6 Å². The van der Waals surface area contributed by atoms with Crippen LogP contribution in [0.2, 0.25) is 5.02 Å². The maximum atomic E-state index is 14.8. The molecule has 0 spiro atoms. The first-order valence-electron chi connectivity index (χ1n) is 9.38. The lowest BCUT2D eigenvalue weighted by Gasteiger charge is -2.12. The Labute approximate surface area is 182 Å². The van der Waals surface area contributed by atoms with Crippen molar-refractivity contribution in [2.75, 3.05) is 5.32 Å². The Hall–Kier alpha value is -3.58. The van der Waals surface area contributed by atoms with E-state index in [0.717, 1.165) is 5.56 Å². The molecule has 0 saturated heterocycles. The zero-order valence-corrected chi connectivity index (χ0v) is 17.1. The molecule has 4 rings (SSSR count). The number of anilines is 1. The summed E-state index contributed by atoms with van der Waals surface area (Å²) >= 11 is 5.84. The van der Waals surface area contributed by atoms with Crippen molar-refractivity contribution in [2.45, 2.75) is 6.17 Å². The van der Waals surface area contributed by atoms with Crippen molar-refractivity contribution in [1.82, 2.24) is 14.8 Å². The lowest BCUT2D eigenvalue weighted by molar-refractivity contribution is -0.121. The lowest BCUT2D eigenvalue weighted by atomic mass is 10.0. The number of benzene rings is 2. The Morgan fingerprint density at radius 3 is 2.29 bits per heavy atom. The number of pyridine rings is 1. The highest BCUT2D eigenvalue weighted by Gasteiger charge is 2.25. The standard InChI is InChI=1S/C23H17ClF2N4O/c1-30-22(28-23(31)20(26)15-2-6-17(24)7-3-15)19(14-10-12-27-13-11-14)21(29-30)16-4-8-18(25)9-5-16/h2-13,20H,1H3,(H,28,31). The number of aromatic nitrogens is 3. The summed E-state index contributed by atoms with van der Waals surface area (Å²) in [7, 11) is 1.64. The molecule has 2 aromatic heterocycles. The van der Waals surface area contributed by atoms with Crippen LogP contribution in [0.1, 0.15) is 11.7 Å². The van der Waals surface area contributed by atoms with E-state index >= 15 is 0 Å². The van der Waals surface area contributed by atoms with E-state index in [1.807, 2.05) is 0 Å². The van der Waals surface area contributed by atoms with E-state index in [1.54, 1.807) is 43.7 Å². The largest absolute Gasteiger partial charge is 0.308 e. The van der Waals surface area contributed by atoms with Crippen LogP contribution in [0.3, 0.4) is 0 Å². The van der Waals surface area contributed by atoms with Gasteiger partial charge < -0.3 is 5.32 Å². The van der Waals surface area contributed by atoms with Crippen LogP contribution in [0.15, 0.2) is 73.1 Å². The highest BCUT2D eigenvalue weighted by atomic mass is 35.5. The number of nitrogens with one attached hydrogen (secondary N) is 1. The first-order valence-corrected chi connectivity index (χ1v) is 9.75. The van der Waals surface area contributed by atoms with Crippen LogP contribution in [0.5, 0.6) is 0 Å². The molecule has 0 aliphatic rings. The summed E-state index contributed by atoms with van der Waals surface area (Å²) in [4.78, 5) is 16.7. The van der Waals surface area contributed by atoms with E-state index in [9.17, 15) is 13.6 Å². The van der Waals surface area contributed by atoms with Gasteiger partial charge in [-0.05, 0) is 59.7 Å². The lowest BCUT2D eigenvalue weighted by Crippen LogP contribution is -2.20. The minimum Gasteiger partial charge on any atom is -0.308 e. The molecule has 0 aliphatic carbocycles. The summed E-state index contributed by atoms with van der Waals surface area (Å²) in [6, 6.07) is 15.3. The quantitative estimate of drug-likeness (QED) is 0.441. The summed E-state index contributed by atoms with van der Waals surface area (Å²) in [6.07, 6.45) is 1.31. The maximum absolute atomic E-state index is 14.8. The van der Waals surface area contributed by atoms with E-state index in [1.165, 1.54) is 41.1 Å². The van der Waals surface area contributed by atoms with Gasteiger partial charge in [0, 0.05) is 30.0 Å². The van der Waals surface area contributed by atoms with Crippen molar-refractivity contribution in [3.8, 4) is 22.4 Å². The number of halogens is 3. The van der Waals surface area contributed by atoms with Crippen molar-refractivity contribution in [3.05, 3.63) is 89.5 Å². The van der Waals surface area contributed by atoms with Crippen molar-refractivity contribution >= 4 is 23.3 Å². The fraction of sp³-hybridized carbons (Fsp3) is 0.0870. The van der Waals surface area contributed by atoms with Crippen LogP contribution in [-0.4, -0.2) is 20.7 Å². The molecule has 0 radical (unpaired) electrons. The fourth-order valence-corrected chi connectivity index (χ4v) is 3.36. The Morgan fingerprint density at radius 1 is 1.00 bits per heavy atom. The third kappa shape index (κ3) is 4.32. The summed E-state index contributed by atoms with van der Waals surface area (Å²) in [5.74, 6) is -0.902. The molecular formula is C23H17ClF2N4O. The van der Waals surface area contributed by atoms with Gasteiger partial charge in [0.15, 0.2) is 0 Å². The van der Waals surface area contributed by atoms with Gasteiger partial charge in [0.2, 0.25) is 6.17 Å². The summed E-state index contributed by atoms with van der Waals surface area (Å²) in [6.45, 7) is 0. The molecule has 1 unspecified atom stereocenters. The molecule has 5 nitrogen and oxygen atoms in total. The normalized spacial score (nSPS) is 11.9. The number of carbonyl (C=O) groups is 1. The van der Waals surface area contributed by atoms with Crippen molar-refractivity contribution in [2.24, 2.45) is 7.05 Å². The number of alkyl halides is 1. The highest BCUT2D eigenvalue weighted by Crippen LogP contribution is 2.37. The predicted octanol–water partition coefficient (Wildman–Crippen LogP) is 5.59. The van der Waals surface area contributed by atoms with E-state index in [4.69, 9.17) is 11.6 Å². The Morgan fingerprint density at radius 2 is 1.65 bits per heavy atom. The summed E-state index contributed by atoms with van der Waals surface area (Å²) in [5.41, 5.74) is 2.66. The molecule has 0 bridgehead atoms. The van der Waals surface area contributed by atoms with Gasteiger partial charge in [0.05, 0.1) is 5.56 Å². The molecule has 1 atom stereocenters. The van der Waals surface area contributed by atoms with Crippen LogP contribution in [0.25, 0.3) is 22.4 Å². The van der Waals surface area contributed by atoms with E-state index in [-0.39, 0.29) is 11.4 Å². The second-order valence-corrected chi connectivity index (χ2v) is 7.28. The SMILES string of the molecule is Cn1nc(-c2ccc(F)cc2)c(-c2ccncc2)c1NC(=O)C(F)c1ccc(Cl)cc1. The van der Waals surface area contributed by atoms with E-state index < -0.39 is 12.1 Å². The fourth-order valence-electron chi connectivity index (χ4n) is 3.23. The van der Waals surface area contributed by atoms with Crippen LogP contribution in [0.4, 0.5) is 14.6 Å². The average Bonchev–Trinajstić information content (AvgIpc) is 3.10. The predicted molar refractivity (Wildman–Crippen MR) is 116 cm³/mol. The number of aryl methyl sites for hydroxylation is 1. The third-order valence-electron chi connectivity index (χ3n) is 4.77. The highest BCUT2D eigenvalue weighted by molar-refractivity contribution is 6.30. The molecule has 2 aromatic carbocycles. The zero-order valence-electron chi connectivity index (χ0n) is 16.4. The second kappa shape index (κ2) is 8.65. The number of amides is 1. The molecule has 1 N–H and O–H groups in total. The second-order valence-electron chi connectivity index (χ2n) is 6.84. The number of rotatable bonds is 5. The summed E-state index contributed by atoms with van der Waals surface area (Å²) in [5, 5.41) is 7.60. The minimum absolute atomic E-state index is 0.188. The van der Waals surface area contributed by atoms with Gasteiger partial charge in [0.1, 0.15) is 17.3 Å². The average molecular weight is 439 g/mol. The smallest absolute Gasteiger partial charge is 0.264 e. The molecule has 8 heteroatoms. The first-order chi connectivity index (χ1) is 14.9. The van der Waals surface area contributed by atoms with Gasteiger partial charge in [-0.3, -0.25) is 14.5 Å². The zero-order chi connectivity index (χ0) is 22.0. The number of carbonyl (C=O) groups excluding carboxylic acids is 1. The number of hydrogen-bond donors (Lipinski definition) is 1. The number of hydrogen-bond acceptors (Lipinski definition) is 3. The van der Waals surface area contributed by atoms with Crippen LogP contribution in [-0.2, 0) is 11.8 Å². The molecule has 2 heterocycles. The topological polar surface area (TPSA) is 59.8 Å². The van der Waals surface area contributed by atoms with Gasteiger partial charge in [-0.1, -0.05) is 23.7 Å². The molecular weight excluding hydrogens is 422 g/mol. The Bertz CT molecular complexity index is 1210. The van der Waals surface area contributed by atoms with Gasteiger partial charge in [0.25, 0.3) is 5.91 Å². The molecule has 0 aliphatic heterocycles. The third-order valence-corrected chi connectivity index (χ3v) is 5.02. The van der Waals surface area contributed by atoms with E-state index in [2.05, 4.69) is 15.4 Å². The van der Waals surface area contributed by atoms with E-state index in [0.29, 0.717) is 27.7 Å². The van der Waals surface area contributed by atoms with Gasteiger partial charge in [-0.15, -0.1) is 0 Å².